The third-order valence-corrected chi connectivity index (χ3v) is 5.93. The number of rotatable bonds is 4. The molecule has 2 N–H and O–H groups in total. The largest absolute Gasteiger partial charge is 0.381 e. The van der Waals surface area contributed by atoms with Crippen LogP contribution in [0.3, 0.4) is 0 Å². The topological polar surface area (TPSA) is 58.8 Å². The molecule has 0 aromatic heterocycles. The van der Waals surface area contributed by atoms with Crippen molar-refractivity contribution in [3.8, 4) is 0 Å². The van der Waals surface area contributed by atoms with Crippen molar-refractivity contribution in [2.24, 2.45) is 11.7 Å². The summed E-state index contributed by atoms with van der Waals surface area (Å²) < 4.78 is 5.37. The molecule has 1 amide bonds. The lowest BCUT2D eigenvalue weighted by molar-refractivity contribution is -0.136. The van der Waals surface area contributed by atoms with E-state index in [1.54, 1.807) is 0 Å². The second-order valence-corrected chi connectivity index (χ2v) is 7.44. The normalized spacial score (nSPS) is 20.9. The predicted octanol–water partition coefficient (Wildman–Crippen LogP) is 3.14. The van der Waals surface area contributed by atoms with Crippen LogP contribution in [0, 0.1) is 5.92 Å². The summed E-state index contributed by atoms with van der Waals surface area (Å²) in [6, 6.07) is 7.83. The second kappa shape index (κ2) is 11.4. The number of hydrogen-bond donors (Lipinski definition) is 1. The van der Waals surface area contributed by atoms with E-state index < -0.39 is 6.04 Å². The van der Waals surface area contributed by atoms with Crippen LogP contribution in [0.5, 0.6) is 0 Å². The number of piperazine rings is 1. The third kappa shape index (κ3) is 5.96. The zero-order valence-corrected chi connectivity index (χ0v) is 18.1. The Morgan fingerprint density at radius 3 is 2.33 bits per heavy atom. The average Bonchev–Trinajstić information content (AvgIpc) is 2.67. The maximum Gasteiger partial charge on any atom is 0.239 e. The maximum atomic E-state index is 12.7. The van der Waals surface area contributed by atoms with Gasteiger partial charge in [0.05, 0.1) is 6.04 Å². The summed E-state index contributed by atoms with van der Waals surface area (Å²) in [7, 11) is 0. The molecule has 3 rings (SSSR count). The van der Waals surface area contributed by atoms with E-state index in [4.69, 9.17) is 22.1 Å². The Hall–Kier alpha value is -0.560. The fraction of sp³-hybridized carbons (Fsp3) is 0.632. The van der Waals surface area contributed by atoms with Gasteiger partial charge in [0.25, 0.3) is 0 Å². The molecule has 0 aliphatic carbocycles. The minimum absolute atomic E-state index is 0. The van der Waals surface area contributed by atoms with E-state index in [2.05, 4.69) is 17.9 Å². The number of ether oxygens (including phenoxy) is 1. The monoisotopic (exact) mass is 437 g/mol. The Labute approximate surface area is 179 Å². The van der Waals surface area contributed by atoms with Gasteiger partial charge in [0.2, 0.25) is 5.91 Å². The summed E-state index contributed by atoms with van der Waals surface area (Å²) >= 11 is 6.33. The highest BCUT2D eigenvalue weighted by Crippen LogP contribution is 2.28. The van der Waals surface area contributed by atoms with Crippen molar-refractivity contribution in [1.29, 1.82) is 0 Å². The lowest BCUT2D eigenvalue weighted by Crippen LogP contribution is -2.55. The van der Waals surface area contributed by atoms with Crippen LogP contribution in [-0.2, 0) is 9.53 Å². The molecule has 2 aliphatic rings. The first-order chi connectivity index (χ1) is 12.1. The molecule has 0 bridgehead atoms. The number of benzene rings is 1. The molecule has 1 aromatic rings. The number of nitrogens with zero attached hydrogens (tertiary/aromatic N) is 2. The number of halogens is 3. The van der Waals surface area contributed by atoms with Crippen LogP contribution in [-0.4, -0.2) is 61.1 Å². The predicted molar refractivity (Wildman–Crippen MR) is 114 cm³/mol. The van der Waals surface area contributed by atoms with E-state index in [1.165, 1.54) is 0 Å². The van der Waals surface area contributed by atoms with E-state index in [0.29, 0.717) is 0 Å². The van der Waals surface area contributed by atoms with Gasteiger partial charge in [-0.15, -0.1) is 24.8 Å². The summed E-state index contributed by atoms with van der Waals surface area (Å²) in [5.41, 5.74) is 7.39. The van der Waals surface area contributed by atoms with E-state index in [0.717, 1.165) is 62.8 Å². The summed E-state index contributed by atoms with van der Waals surface area (Å²) in [4.78, 5) is 17.0. The second-order valence-electron chi connectivity index (χ2n) is 7.03. The minimum atomic E-state index is -0.392. The van der Waals surface area contributed by atoms with Gasteiger partial charge in [-0.05, 0) is 37.3 Å². The van der Waals surface area contributed by atoms with Crippen LogP contribution in [0.15, 0.2) is 24.3 Å². The van der Waals surface area contributed by atoms with E-state index in [1.807, 2.05) is 23.1 Å². The van der Waals surface area contributed by atoms with Crippen LogP contribution >= 0.6 is 36.4 Å². The first kappa shape index (κ1) is 24.5. The lowest BCUT2D eigenvalue weighted by Gasteiger charge is -2.40. The van der Waals surface area contributed by atoms with E-state index in [-0.39, 0.29) is 42.7 Å². The van der Waals surface area contributed by atoms with Gasteiger partial charge in [0.15, 0.2) is 0 Å². The van der Waals surface area contributed by atoms with Crippen LogP contribution in [0.4, 0.5) is 0 Å². The zero-order valence-electron chi connectivity index (χ0n) is 15.7. The van der Waals surface area contributed by atoms with Crippen LogP contribution in [0.25, 0.3) is 0 Å². The molecule has 1 aromatic carbocycles. The molecule has 154 valence electrons. The SMILES string of the molecule is CC(c1ccccc1Cl)N1CCN(C(=O)C(N)C2CCOCC2)CC1.Cl.Cl. The van der Waals surface area contributed by atoms with Crippen molar-refractivity contribution in [3.63, 3.8) is 0 Å². The number of nitrogens with two attached hydrogens (primary N) is 1. The van der Waals surface area contributed by atoms with Crippen molar-refractivity contribution in [2.45, 2.75) is 31.8 Å². The highest BCUT2D eigenvalue weighted by molar-refractivity contribution is 6.31. The molecule has 2 atom stereocenters. The highest BCUT2D eigenvalue weighted by atomic mass is 35.5. The molecule has 2 aliphatic heterocycles. The van der Waals surface area contributed by atoms with Crippen LogP contribution < -0.4 is 5.73 Å². The molecule has 5 nitrogen and oxygen atoms in total. The Bertz CT molecular complexity index is 591. The van der Waals surface area contributed by atoms with E-state index in [9.17, 15) is 4.79 Å². The van der Waals surface area contributed by atoms with E-state index >= 15 is 0 Å². The van der Waals surface area contributed by atoms with Gasteiger partial charge in [-0.2, -0.15) is 0 Å². The third-order valence-electron chi connectivity index (χ3n) is 5.59. The zero-order chi connectivity index (χ0) is 17.8. The molecule has 2 fully saturated rings. The highest BCUT2D eigenvalue weighted by Gasteiger charge is 2.32. The standard InChI is InChI=1S/C19H28ClN3O2.2ClH/c1-14(16-4-2-3-5-17(16)20)22-8-10-23(11-9-22)19(24)18(21)15-6-12-25-13-7-15;;/h2-5,14-15,18H,6-13,21H2,1H3;2*1H. The van der Waals surface area contributed by atoms with Gasteiger partial charge in [0.1, 0.15) is 0 Å². The Kier molecular flexibility index (Phi) is 10.4. The molecule has 27 heavy (non-hydrogen) atoms. The maximum absolute atomic E-state index is 12.7. The Morgan fingerprint density at radius 1 is 1.15 bits per heavy atom. The Morgan fingerprint density at radius 2 is 1.74 bits per heavy atom. The summed E-state index contributed by atoms with van der Waals surface area (Å²) in [5, 5.41) is 0.801. The number of carbonyl (C=O) groups is 1. The van der Waals surface area contributed by atoms with Crippen molar-refractivity contribution in [1.82, 2.24) is 9.80 Å². The first-order valence-corrected chi connectivity index (χ1v) is 9.56. The summed E-state index contributed by atoms with van der Waals surface area (Å²) in [6.45, 7) is 6.75. The molecule has 8 heteroatoms. The van der Waals surface area contributed by atoms with Crippen molar-refractivity contribution in [2.75, 3.05) is 39.4 Å². The molecular formula is C19H30Cl3N3O2. The van der Waals surface area contributed by atoms with Gasteiger partial charge in [-0.25, -0.2) is 0 Å². The number of carbonyl (C=O) groups excluding carboxylic acids is 1. The van der Waals surface area contributed by atoms with Gasteiger partial charge in [0, 0.05) is 50.5 Å². The van der Waals surface area contributed by atoms with Crippen LogP contribution in [0.2, 0.25) is 5.02 Å². The quantitative estimate of drug-likeness (QED) is 0.784. The van der Waals surface area contributed by atoms with Gasteiger partial charge >= 0.3 is 0 Å². The molecule has 0 saturated carbocycles. The summed E-state index contributed by atoms with van der Waals surface area (Å²) in [6.07, 6.45) is 1.77. The molecule has 2 unspecified atom stereocenters. The first-order valence-electron chi connectivity index (χ1n) is 9.18. The number of hydrogen-bond acceptors (Lipinski definition) is 4. The van der Waals surface area contributed by atoms with Crippen molar-refractivity contribution in [3.05, 3.63) is 34.9 Å². The number of amides is 1. The fourth-order valence-corrected chi connectivity index (χ4v) is 4.12. The molecule has 0 spiro atoms. The van der Waals surface area contributed by atoms with Crippen LogP contribution in [0.1, 0.15) is 31.4 Å². The molecular weight excluding hydrogens is 409 g/mol. The average molecular weight is 439 g/mol. The van der Waals surface area contributed by atoms with Gasteiger partial charge < -0.3 is 15.4 Å². The molecule has 2 heterocycles. The smallest absolute Gasteiger partial charge is 0.239 e. The summed E-state index contributed by atoms with van der Waals surface area (Å²) in [5.74, 6) is 0.346. The fourth-order valence-electron chi connectivity index (χ4n) is 3.83. The van der Waals surface area contributed by atoms with Crippen molar-refractivity contribution < 1.29 is 9.53 Å². The molecule has 2 saturated heterocycles. The lowest BCUT2D eigenvalue weighted by atomic mass is 9.91. The van der Waals surface area contributed by atoms with Crippen molar-refractivity contribution >= 4 is 42.3 Å². The minimum Gasteiger partial charge on any atom is -0.381 e. The van der Waals surface area contributed by atoms with Gasteiger partial charge in [-0.1, -0.05) is 29.8 Å². The Balaban J connectivity index is 0.00000182. The molecule has 0 radical (unpaired) electrons. The van der Waals surface area contributed by atoms with Gasteiger partial charge in [-0.3, -0.25) is 9.69 Å².